The van der Waals surface area contributed by atoms with Crippen LogP contribution in [0.4, 0.5) is 0 Å². The van der Waals surface area contributed by atoms with Gasteiger partial charge in [0.05, 0.1) is 6.61 Å². The molecule has 0 fully saturated rings. The van der Waals surface area contributed by atoms with Crippen molar-refractivity contribution in [2.24, 2.45) is 5.41 Å². The largest absolute Gasteiger partial charge is 0.392 e. The average molecular weight is 474 g/mol. The highest BCUT2D eigenvalue weighted by atomic mass is 32.1. The molecule has 2 atom stereocenters. The fourth-order valence-electron chi connectivity index (χ4n) is 4.96. The van der Waals surface area contributed by atoms with E-state index in [1.54, 1.807) is 6.26 Å². The van der Waals surface area contributed by atoms with Crippen molar-refractivity contribution in [2.75, 3.05) is 6.26 Å². The van der Waals surface area contributed by atoms with Crippen LogP contribution >= 0.6 is 12.6 Å². The molecule has 0 aliphatic rings. The van der Waals surface area contributed by atoms with Crippen LogP contribution in [-0.4, -0.2) is 18.6 Å². The van der Waals surface area contributed by atoms with E-state index in [4.69, 9.17) is 0 Å². The molecule has 34 heavy (non-hydrogen) atoms. The van der Waals surface area contributed by atoms with Gasteiger partial charge in [0, 0.05) is 5.92 Å². The van der Waals surface area contributed by atoms with E-state index < -0.39 is 0 Å². The monoisotopic (exact) mass is 473 g/mol. The quantitative estimate of drug-likeness (QED) is 0.250. The Balaban J connectivity index is 0.00000199. The number of hydrogen-bond donors (Lipinski definition) is 2. The van der Waals surface area contributed by atoms with Gasteiger partial charge in [-0.25, -0.2) is 0 Å². The molecule has 2 unspecified atom stereocenters. The second kappa shape index (κ2) is 12.7. The Bertz CT molecular complexity index is 990. The second-order valence-corrected chi connectivity index (χ2v) is 10.7. The topological polar surface area (TPSA) is 20.2 Å². The smallest absolute Gasteiger partial charge is 0.116 e. The van der Waals surface area contributed by atoms with Gasteiger partial charge in [-0.15, -0.1) is 0 Å². The highest BCUT2D eigenvalue weighted by Crippen LogP contribution is 2.45. The summed E-state index contributed by atoms with van der Waals surface area (Å²) in [7, 11) is 2.36. The molecule has 181 valence electrons. The van der Waals surface area contributed by atoms with Gasteiger partial charge < -0.3 is 5.11 Å². The summed E-state index contributed by atoms with van der Waals surface area (Å²) in [4.78, 5) is 0. The SMILES string of the molecule is CS.C[B]C(c1ccc(C(C)(C)C)cc1)C(C)(C)CC(c1ccccc1)c1cccc(CO)c1. The minimum Gasteiger partial charge on any atom is -0.392 e. The van der Waals surface area contributed by atoms with Gasteiger partial charge in [-0.1, -0.05) is 126 Å². The van der Waals surface area contributed by atoms with Crippen molar-refractivity contribution >= 4 is 19.9 Å². The van der Waals surface area contributed by atoms with E-state index in [-0.39, 0.29) is 23.4 Å². The normalized spacial score (nSPS) is 13.4. The fraction of sp³-hybridized carbons (Fsp3) is 0.419. The molecule has 3 aromatic carbocycles. The summed E-state index contributed by atoms with van der Waals surface area (Å²) >= 11 is 3.53. The highest BCUT2D eigenvalue weighted by Gasteiger charge is 2.33. The standard InChI is InChI=1S/C30H38BO.CH4S/c1-29(2,3)26-17-15-24(16-18-26)28(31-6)30(4,5)20-27(23-12-8-7-9-13-23)25-14-10-11-22(19-25)21-32;1-2/h7-19,27-28,32H,20-21H2,1-6H3;2H,1H3. The second-order valence-electron chi connectivity index (χ2n) is 10.7. The number of hydrogen-bond acceptors (Lipinski definition) is 2. The first kappa shape index (κ1) is 28.3. The molecular formula is C31H42BOS. The summed E-state index contributed by atoms with van der Waals surface area (Å²) in [5.74, 6) is 0.623. The van der Waals surface area contributed by atoms with Gasteiger partial charge >= 0.3 is 0 Å². The molecule has 1 nitrogen and oxygen atoms in total. The first-order valence-electron chi connectivity index (χ1n) is 12.2. The lowest BCUT2D eigenvalue weighted by molar-refractivity contribution is 0.281. The summed E-state index contributed by atoms with van der Waals surface area (Å²) in [6, 6.07) is 28.4. The van der Waals surface area contributed by atoms with Crippen LogP contribution in [-0.2, 0) is 12.0 Å². The van der Waals surface area contributed by atoms with Crippen LogP contribution in [0, 0.1) is 5.41 Å². The zero-order valence-corrected chi connectivity index (χ0v) is 22.9. The van der Waals surface area contributed by atoms with Crippen LogP contribution in [0.15, 0.2) is 78.9 Å². The van der Waals surface area contributed by atoms with Crippen molar-refractivity contribution in [3.05, 3.63) is 107 Å². The zero-order valence-electron chi connectivity index (χ0n) is 22.0. The molecule has 0 aliphatic heterocycles. The predicted molar refractivity (Wildman–Crippen MR) is 153 cm³/mol. The Morgan fingerprint density at radius 3 is 1.88 bits per heavy atom. The van der Waals surface area contributed by atoms with Crippen molar-refractivity contribution in [1.82, 2.24) is 0 Å². The molecule has 0 saturated heterocycles. The molecule has 0 aliphatic carbocycles. The van der Waals surface area contributed by atoms with E-state index in [1.807, 2.05) is 6.07 Å². The maximum absolute atomic E-state index is 9.70. The molecule has 0 bridgehead atoms. The number of aliphatic hydroxyl groups excluding tert-OH is 1. The number of aliphatic hydroxyl groups is 1. The average Bonchev–Trinajstić information content (AvgIpc) is 2.84. The number of thiol groups is 1. The third-order valence-corrected chi connectivity index (χ3v) is 6.78. The van der Waals surface area contributed by atoms with Crippen LogP contribution in [0.3, 0.4) is 0 Å². The van der Waals surface area contributed by atoms with Gasteiger partial charge in [0.15, 0.2) is 0 Å². The van der Waals surface area contributed by atoms with Crippen LogP contribution in [0.2, 0.25) is 6.82 Å². The Morgan fingerprint density at radius 2 is 1.35 bits per heavy atom. The molecule has 0 heterocycles. The predicted octanol–water partition coefficient (Wildman–Crippen LogP) is 8.06. The fourth-order valence-corrected chi connectivity index (χ4v) is 4.96. The molecule has 0 aromatic heterocycles. The lowest BCUT2D eigenvalue weighted by Crippen LogP contribution is -2.28. The third-order valence-electron chi connectivity index (χ3n) is 6.78. The molecule has 0 amide bonds. The van der Waals surface area contributed by atoms with E-state index in [0.29, 0.717) is 5.82 Å². The van der Waals surface area contributed by atoms with E-state index >= 15 is 0 Å². The van der Waals surface area contributed by atoms with Crippen molar-refractivity contribution in [3.63, 3.8) is 0 Å². The Kier molecular flexibility index (Phi) is 10.5. The molecule has 3 heteroatoms. The zero-order chi connectivity index (χ0) is 25.4. The minimum atomic E-state index is 0.0493. The molecular weight excluding hydrogens is 431 g/mol. The van der Waals surface area contributed by atoms with Gasteiger partial charge in [0.25, 0.3) is 0 Å². The Labute approximate surface area is 214 Å². The van der Waals surface area contributed by atoms with E-state index in [1.165, 1.54) is 22.3 Å². The first-order valence-corrected chi connectivity index (χ1v) is 13.1. The van der Waals surface area contributed by atoms with Gasteiger partial charge in [-0.2, -0.15) is 12.6 Å². The molecule has 0 saturated carbocycles. The van der Waals surface area contributed by atoms with Gasteiger partial charge in [0.2, 0.25) is 0 Å². The summed E-state index contributed by atoms with van der Waals surface area (Å²) in [5, 5.41) is 9.70. The lowest BCUT2D eigenvalue weighted by Gasteiger charge is -2.38. The van der Waals surface area contributed by atoms with Crippen LogP contribution in [0.25, 0.3) is 0 Å². The van der Waals surface area contributed by atoms with Crippen LogP contribution in [0.1, 0.15) is 80.6 Å². The van der Waals surface area contributed by atoms with Crippen molar-refractivity contribution in [2.45, 2.75) is 71.6 Å². The summed E-state index contributed by atoms with van der Waals surface area (Å²) < 4.78 is 0. The summed E-state index contributed by atoms with van der Waals surface area (Å²) in [5.41, 5.74) is 6.53. The third kappa shape index (κ3) is 7.27. The van der Waals surface area contributed by atoms with Crippen molar-refractivity contribution < 1.29 is 5.11 Å². The summed E-state index contributed by atoms with van der Waals surface area (Å²) in [6.45, 7) is 13.8. The molecule has 1 radical (unpaired) electrons. The first-order chi connectivity index (χ1) is 16.2. The highest BCUT2D eigenvalue weighted by molar-refractivity contribution is 7.79. The van der Waals surface area contributed by atoms with E-state index in [0.717, 1.165) is 12.0 Å². The van der Waals surface area contributed by atoms with Gasteiger partial charge in [-0.05, 0) is 51.6 Å². The van der Waals surface area contributed by atoms with Crippen LogP contribution in [0.5, 0.6) is 0 Å². The van der Waals surface area contributed by atoms with Gasteiger partial charge in [-0.3, -0.25) is 0 Å². The van der Waals surface area contributed by atoms with Crippen molar-refractivity contribution in [1.29, 1.82) is 0 Å². The maximum Gasteiger partial charge on any atom is 0.116 e. The molecule has 1 N–H and O–H groups in total. The Morgan fingerprint density at radius 1 is 0.765 bits per heavy atom. The van der Waals surface area contributed by atoms with Crippen LogP contribution < -0.4 is 0 Å². The number of benzene rings is 3. The number of rotatable bonds is 8. The molecule has 3 aromatic rings. The Hall–Kier alpha value is -1.97. The van der Waals surface area contributed by atoms with Gasteiger partial charge in [0.1, 0.15) is 7.28 Å². The maximum atomic E-state index is 9.70. The molecule has 3 rings (SSSR count). The lowest BCUT2D eigenvalue weighted by atomic mass is 9.51. The van der Waals surface area contributed by atoms with E-state index in [2.05, 4.69) is 134 Å². The minimum absolute atomic E-state index is 0.0493. The molecule has 0 spiro atoms. The van der Waals surface area contributed by atoms with Crippen molar-refractivity contribution in [3.8, 4) is 0 Å². The summed E-state index contributed by atoms with van der Waals surface area (Å²) in [6.07, 6.45) is 2.71. The van der Waals surface area contributed by atoms with E-state index in [9.17, 15) is 5.11 Å².